The van der Waals surface area contributed by atoms with Crippen molar-refractivity contribution in [2.45, 2.75) is 6.04 Å². The summed E-state index contributed by atoms with van der Waals surface area (Å²) < 4.78 is 0. The van der Waals surface area contributed by atoms with Gasteiger partial charge in [-0.25, -0.2) is 4.79 Å². The molecule has 0 aliphatic heterocycles. The maximum atomic E-state index is 11.9. The molecule has 0 spiro atoms. The van der Waals surface area contributed by atoms with Crippen LogP contribution in [0.5, 0.6) is 0 Å². The van der Waals surface area contributed by atoms with Crippen LogP contribution in [-0.4, -0.2) is 25.5 Å². The lowest BCUT2D eigenvalue weighted by atomic mass is 10.1. The fourth-order valence-electron chi connectivity index (χ4n) is 1.41. The van der Waals surface area contributed by atoms with E-state index in [1.807, 2.05) is 18.2 Å². The van der Waals surface area contributed by atoms with Crippen molar-refractivity contribution in [3.63, 3.8) is 0 Å². The third-order valence-electron chi connectivity index (χ3n) is 2.27. The first kappa shape index (κ1) is 13.7. The zero-order valence-electron chi connectivity index (χ0n) is 10.1. The van der Waals surface area contributed by atoms with Gasteiger partial charge in [-0.05, 0) is 5.56 Å². The number of amides is 3. The summed E-state index contributed by atoms with van der Waals surface area (Å²) in [5.41, 5.74) is 0.745. The van der Waals surface area contributed by atoms with Crippen LogP contribution in [0.3, 0.4) is 0 Å². The summed E-state index contributed by atoms with van der Waals surface area (Å²) in [7, 11) is 1.44. The second kappa shape index (κ2) is 7.09. The van der Waals surface area contributed by atoms with Crippen LogP contribution in [0.15, 0.2) is 30.3 Å². The second-order valence-electron chi connectivity index (χ2n) is 3.50. The molecular formula is C13H15N3O2. The Morgan fingerprint density at radius 3 is 2.56 bits per heavy atom. The smallest absolute Gasteiger partial charge is 0.321 e. The quantitative estimate of drug-likeness (QED) is 0.673. The number of nitrogens with one attached hydrogen (secondary N) is 3. The van der Waals surface area contributed by atoms with Gasteiger partial charge in [0.25, 0.3) is 0 Å². The number of hydrogen-bond donors (Lipinski definition) is 3. The average molecular weight is 245 g/mol. The van der Waals surface area contributed by atoms with E-state index >= 15 is 0 Å². The number of hydrogen-bond acceptors (Lipinski definition) is 3. The number of rotatable bonds is 4. The van der Waals surface area contributed by atoms with E-state index in [1.54, 1.807) is 12.1 Å². The maximum Gasteiger partial charge on any atom is 0.321 e. The Balaban J connectivity index is 2.82. The second-order valence-corrected chi connectivity index (χ2v) is 3.50. The molecule has 3 amide bonds. The van der Waals surface area contributed by atoms with Crippen molar-refractivity contribution in [2.75, 3.05) is 13.6 Å². The lowest BCUT2D eigenvalue weighted by Gasteiger charge is -2.16. The molecule has 5 heteroatoms. The molecule has 0 saturated carbocycles. The van der Waals surface area contributed by atoms with Crippen molar-refractivity contribution in [2.24, 2.45) is 0 Å². The molecule has 0 radical (unpaired) electrons. The normalized spacial score (nSPS) is 11.1. The molecule has 0 bridgehead atoms. The van der Waals surface area contributed by atoms with Crippen molar-refractivity contribution in [3.05, 3.63) is 35.9 Å². The van der Waals surface area contributed by atoms with Gasteiger partial charge in [-0.15, -0.1) is 6.42 Å². The zero-order chi connectivity index (χ0) is 13.4. The van der Waals surface area contributed by atoms with E-state index in [0.29, 0.717) is 0 Å². The molecular weight excluding hydrogens is 230 g/mol. The highest BCUT2D eigenvalue weighted by Crippen LogP contribution is 2.12. The van der Waals surface area contributed by atoms with Gasteiger partial charge in [0, 0.05) is 7.05 Å². The fourth-order valence-corrected chi connectivity index (χ4v) is 1.41. The van der Waals surface area contributed by atoms with E-state index in [2.05, 4.69) is 21.9 Å². The van der Waals surface area contributed by atoms with Crippen molar-refractivity contribution in [1.29, 1.82) is 0 Å². The number of terminal acetylenes is 1. The number of carbonyl (C=O) groups excluding carboxylic acids is 2. The van der Waals surface area contributed by atoms with Gasteiger partial charge in [-0.3, -0.25) is 15.4 Å². The minimum atomic E-state index is -0.653. The number of urea groups is 1. The zero-order valence-corrected chi connectivity index (χ0v) is 10.1. The van der Waals surface area contributed by atoms with E-state index in [0.717, 1.165) is 5.56 Å². The average Bonchev–Trinajstić information content (AvgIpc) is 2.40. The van der Waals surface area contributed by atoms with Crippen LogP contribution in [0.1, 0.15) is 11.6 Å². The topological polar surface area (TPSA) is 70.2 Å². The first-order valence-electron chi connectivity index (χ1n) is 5.43. The number of benzene rings is 1. The minimum absolute atomic E-state index is 0.237. The lowest BCUT2D eigenvalue weighted by Crippen LogP contribution is -2.44. The summed E-state index contributed by atoms with van der Waals surface area (Å²) in [6, 6.07) is 7.84. The van der Waals surface area contributed by atoms with Crippen LogP contribution in [0, 0.1) is 12.3 Å². The summed E-state index contributed by atoms with van der Waals surface area (Å²) in [6.45, 7) is 0.237. The van der Waals surface area contributed by atoms with Gasteiger partial charge in [-0.2, -0.15) is 0 Å². The molecule has 0 fully saturated rings. The van der Waals surface area contributed by atoms with Crippen LogP contribution >= 0.6 is 0 Å². The molecule has 5 nitrogen and oxygen atoms in total. The van der Waals surface area contributed by atoms with Crippen molar-refractivity contribution < 1.29 is 9.59 Å². The molecule has 18 heavy (non-hydrogen) atoms. The van der Waals surface area contributed by atoms with Gasteiger partial charge >= 0.3 is 6.03 Å². The molecule has 1 aromatic rings. The molecule has 0 heterocycles. The van der Waals surface area contributed by atoms with E-state index in [9.17, 15) is 9.59 Å². The summed E-state index contributed by atoms with van der Waals surface area (Å²) in [5.74, 6) is 1.95. The Morgan fingerprint density at radius 1 is 1.33 bits per heavy atom. The number of carbonyl (C=O) groups is 2. The van der Waals surface area contributed by atoms with Gasteiger partial charge in [0.2, 0.25) is 5.91 Å². The highest BCUT2D eigenvalue weighted by molar-refractivity contribution is 5.97. The molecule has 1 aromatic carbocycles. The minimum Gasteiger partial charge on any atom is -0.341 e. The Kier molecular flexibility index (Phi) is 5.42. The third-order valence-corrected chi connectivity index (χ3v) is 2.27. The summed E-state index contributed by atoms with van der Waals surface area (Å²) >= 11 is 0. The summed E-state index contributed by atoms with van der Waals surface area (Å²) in [6.07, 6.45) is 5.16. The summed E-state index contributed by atoms with van der Waals surface area (Å²) in [5, 5.41) is 7.42. The highest BCUT2D eigenvalue weighted by Gasteiger charge is 2.20. The van der Waals surface area contributed by atoms with E-state index in [-0.39, 0.29) is 6.54 Å². The van der Waals surface area contributed by atoms with E-state index in [4.69, 9.17) is 6.42 Å². The van der Waals surface area contributed by atoms with E-state index in [1.165, 1.54) is 7.05 Å². The van der Waals surface area contributed by atoms with Crippen LogP contribution in [0.2, 0.25) is 0 Å². The first-order valence-corrected chi connectivity index (χ1v) is 5.43. The molecule has 3 N–H and O–H groups in total. The monoisotopic (exact) mass is 245 g/mol. The SMILES string of the molecule is C#CCN[C@H](C(=O)NC(=O)NC)c1ccccc1. The molecule has 1 atom stereocenters. The van der Waals surface area contributed by atoms with Crippen molar-refractivity contribution >= 4 is 11.9 Å². The molecule has 0 unspecified atom stereocenters. The van der Waals surface area contributed by atoms with Crippen LogP contribution in [-0.2, 0) is 4.79 Å². The van der Waals surface area contributed by atoms with Gasteiger partial charge in [0.15, 0.2) is 0 Å². The Bertz CT molecular complexity index is 451. The Labute approximate surface area is 106 Å². The predicted octanol–water partition coefficient (Wildman–Crippen LogP) is 0.406. The van der Waals surface area contributed by atoms with Crippen molar-refractivity contribution in [1.82, 2.24) is 16.0 Å². The Hall–Kier alpha value is -2.32. The predicted molar refractivity (Wildman–Crippen MR) is 68.6 cm³/mol. The molecule has 1 rings (SSSR count). The maximum absolute atomic E-state index is 11.9. The molecule has 94 valence electrons. The van der Waals surface area contributed by atoms with Crippen LogP contribution in [0.4, 0.5) is 4.79 Å². The van der Waals surface area contributed by atoms with Crippen molar-refractivity contribution in [3.8, 4) is 12.3 Å². The standard InChI is InChI=1S/C13H15N3O2/c1-3-9-15-11(10-7-5-4-6-8-10)12(17)16-13(18)14-2/h1,4-8,11,15H,9H2,2H3,(H2,14,16,17,18)/t11-/m0/s1. The third kappa shape index (κ3) is 3.92. The Morgan fingerprint density at radius 2 is 2.00 bits per heavy atom. The van der Waals surface area contributed by atoms with Gasteiger partial charge in [0.1, 0.15) is 6.04 Å². The fraction of sp³-hybridized carbons (Fsp3) is 0.231. The van der Waals surface area contributed by atoms with Gasteiger partial charge in [0.05, 0.1) is 6.54 Å². The summed E-state index contributed by atoms with van der Waals surface area (Å²) in [4.78, 5) is 23.0. The largest absolute Gasteiger partial charge is 0.341 e. The lowest BCUT2D eigenvalue weighted by molar-refractivity contribution is -0.122. The highest BCUT2D eigenvalue weighted by atomic mass is 16.2. The molecule has 0 aliphatic carbocycles. The van der Waals surface area contributed by atoms with E-state index < -0.39 is 18.0 Å². The molecule has 0 aliphatic rings. The van der Waals surface area contributed by atoms with Gasteiger partial charge < -0.3 is 5.32 Å². The first-order chi connectivity index (χ1) is 8.69. The number of imide groups is 1. The van der Waals surface area contributed by atoms with Crippen LogP contribution in [0.25, 0.3) is 0 Å². The van der Waals surface area contributed by atoms with Crippen LogP contribution < -0.4 is 16.0 Å². The van der Waals surface area contributed by atoms with Gasteiger partial charge in [-0.1, -0.05) is 36.3 Å². The molecule has 0 aromatic heterocycles. The molecule has 0 saturated heterocycles.